The van der Waals surface area contributed by atoms with Crippen molar-refractivity contribution in [2.45, 2.75) is 6.92 Å². The zero-order valence-corrected chi connectivity index (χ0v) is 10.1. The fourth-order valence-electron chi connectivity index (χ4n) is 1.62. The van der Waals surface area contributed by atoms with Crippen molar-refractivity contribution in [1.82, 2.24) is 5.16 Å². The van der Waals surface area contributed by atoms with Crippen molar-refractivity contribution in [2.24, 2.45) is 0 Å². The molecule has 0 radical (unpaired) electrons. The van der Waals surface area contributed by atoms with Crippen molar-refractivity contribution >= 4 is 5.82 Å². The van der Waals surface area contributed by atoms with Crippen LogP contribution in [0.1, 0.15) is 6.92 Å². The monoisotopic (exact) mass is 250 g/mol. The first kappa shape index (κ1) is 12.1. The van der Waals surface area contributed by atoms with Gasteiger partial charge >= 0.3 is 0 Å². The van der Waals surface area contributed by atoms with Gasteiger partial charge in [0.05, 0.1) is 13.7 Å². The molecule has 0 aliphatic carbocycles. The van der Waals surface area contributed by atoms with Crippen LogP contribution in [-0.2, 0) is 0 Å². The van der Waals surface area contributed by atoms with Crippen molar-refractivity contribution < 1.29 is 19.1 Å². The number of phenols is 1. The number of ether oxygens (including phenoxy) is 2. The Hall–Kier alpha value is -2.37. The van der Waals surface area contributed by atoms with Crippen LogP contribution < -0.4 is 15.2 Å². The van der Waals surface area contributed by atoms with Gasteiger partial charge in [0, 0.05) is 11.6 Å². The highest BCUT2D eigenvalue weighted by Gasteiger charge is 2.15. The average Bonchev–Trinajstić information content (AvgIpc) is 2.76. The van der Waals surface area contributed by atoms with E-state index in [1.807, 2.05) is 6.92 Å². The molecule has 0 amide bonds. The highest BCUT2D eigenvalue weighted by atomic mass is 16.5. The maximum absolute atomic E-state index is 9.87. The smallest absolute Gasteiger partial charge is 0.203 e. The Morgan fingerprint density at radius 2 is 2.17 bits per heavy atom. The average molecular weight is 250 g/mol. The van der Waals surface area contributed by atoms with Gasteiger partial charge in [0.2, 0.25) is 5.75 Å². The lowest BCUT2D eigenvalue weighted by molar-refractivity contribution is 0.300. The molecule has 2 aromatic rings. The minimum atomic E-state index is -0.0339. The summed E-state index contributed by atoms with van der Waals surface area (Å²) < 4.78 is 15.5. The van der Waals surface area contributed by atoms with Gasteiger partial charge in [0.25, 0.3) is 0 Å². The number of aromatic hydroxyl groups is 1. The lowest BCUT2D eigenvalue weighted by Crippen LogP contribution is -1.96. The van der Waals surface area contributed by atoms with Crippen molar-refractivity contribution in [1.29, 1.82) is 0 Å². The number of methoxy groups -OCH3 is 1. The van der Waals surface area contributed by atoms with Crippen LogP contribution >= 0.6 is 0 Å². The Morgan fingerprint density at radius 1 is 1.39 bits per heavy atom. The topological polar surface area (TPSA) is 90.7 Å². The number of nitrogens with zero attached hydrogens (tertiary/aromatic N) is 1. The van der Waals surface area contributed by atoms with E-state index in [4.69, 9.17) is 19.7 Å². The second kappa shape index (κ2) is 4.87. The van der Waals surface area contributed by atoms with Crippen LogP contribution in [0.2, 0.25) is 0 Å². The van der Waals surface area contributed by atoms with Crippen LogP contribution in [0.15, 0.2) is 22.7 Å². The van der Waals surface area contributed by atoms with E-state index in [2.05, 4.69) is 5.16 Å². The summed E-state index contributed by atoms with van der Waals surface area (Å²) in [4.78, 5) is 0. The van der Waals surface area contributed by atoms with Gasteiger partial charge in [-0.2, -0.15) is 0 Å². The van der Waals surface area contributed by atoms with Gasteiger partial charge in [-0.15, -0.1) is 0 Å². The lowest BCUT2D eigenvalue weighted by atomic mass is 10.1. The van der Waals surface area contributed by atoms with Gasteiger partial charge in [-0.25, -0.2) is 0 Å². The number of hydrogen-bond donors (Lipinski definition) is 2. The molecule has 1 aromatic heterocycles. The normalized spacial score (nSPS) is 10.3. The van der Waals surface area contributed by atoms with E-state index in [1.165, 1.54) is 13.2 Å². The first-order valence-corrected chi connectivity index (χ1v) is 5.42. The first-order valence-electron chi connectivity index (χ1n) is 5.42. The van der Waals surface area contributed by atoms with Crippen molar-refractivity contribution in [3.05, 3.63) is 18.2 Å². The molecule has 1 aromatic carbocycles. The maximum Gasteiger partial charge on any atom is 0.203 e. The number of anilines is 1. The Bertz CT molecular complexity index is 551. The third-order valence-corrected chi connectivity index (χ3v) is 2.35. The molecule has 1 heterocycles. The molecular weight excluding hydrogens is 236 g/mol. The number of nitrogens with two attached hydrogens (primary N) is 1. The zero-order valence-electron chi connectivity index (χ0n) is 10.1. The molecule has 6 heteroatoms. The Kier molecular flexibility index (Phi) is 3.27. The minimum absolute atomic E-state index is 0.0339. The SMILES string of the molecule is CCOc1cc(-c2cc(N)no2)cc(O)c1OC. The van der Waals surface area contributed by atoms with Gasteiger partial charge < -0.3 is 24.8 Å². The molecule has 0 fully saturated rings. The summed E-state index contributed by atoms with van der Waals surface area (Å²) in [6.07, 6.45) is 0. The molecule has 0 aliphatic rings. The number of aromatic nitrogens is 1. The largest absolute Gasteiger partial charge is 0.504 e. The predicted molar refractivity (Wildman–Crippen MR) is 65.7 cm³/mol. The third-order valence-electron chi connectivity index (χ3n) is 2.35. The van der Waals surface area contributed by atoms with Gasteiger partial charge in [-0.3, -0.25) is 0 Å². The quantitative estimate of drug-likeness (QED) is 0.862. The Balaban J connectivity index is 2.50. The van der Waals surface area contributed by atoms with Gasteiger partial charge in [0.1, 0.15) is 0 Å². The van der Waals surface area contributed by atoms with Crippen LogP contribution in [0.25, 0.3) is 11.3 Å². The summed E-state index contributed by atoms with van der Waals surface area (Å²) in [5, 5.41) is 13.5. The second-order valence-corrected chi connectivity index (χ2v) is 3.58. The molecule has 0 aliphatic heterocycles. The van der Waals surface area contributed by atoms with Gasteiger partial charge in [0.15, 0.2) is 23.1 Å². The number of benzene rings is 1. The van der Waals surface area contributed by atoms with E-state index >= 15 is 0 Å². The molecule has 18 heavy (non-hydrogen) atoms. The summed E-state index contributed by atoms with van der Waals surface area (Å²) in [5.41, 5.74) is 6.10. The standard InChI is InChI=1S/C12H14N2O4/c1-3-17-10-5-7(4-8(15)12(10)16-2)9-6-11(13)14-18-9/h4-6,15H,3H2,1-2H3,(H2,13,14). The van der Waals surface area contributed by atoms with E-state index in [-0.39, 0.29) is 17.3 Å². The van der Waals surface area contributed by atoms with Crippen LogP contribution in [0, 0.1) is 0 Å². The van der Waals surface area contributed by atoms with Crippen LogP contribution in [0.3, 0.4) is 0 Å². The lowest BCUT2D eigenvalue weighted by Gasteiger charge is -2.11. The summed E-state index contributed by atoms with van der Waals surface area (Å²) in [7, 11) is 1.46. The fraction of sp³-hybridized carbons (Fsp3) is 0.250. The molecule has 0 unspecified atom stereocenters. The Labute approximate surface area is 104 Å². The Morgan fingerprint density at radius 3 is 2.72 bits per heavy atom. The first-order chi connectivity index (χ1) is 8.65. The summed E-state index contributed by atoms with van der Waals surface area (Å²) >= 11 is 0. The molecule has 0 saturated heterocycles. The van der Waals surface area contributed by atoms with E-state index in [9.17, 15) is 5.11 Å². The van der Waals surface area contributed by atoms with Gasteiger partial charge in [-0.1, -0.05) is 5.16 Å². The maximum atomic E-state index is 9.87. The molecule has 3 N–H and O–H groups in total. The van der Waals surface area contributed by atoms with E-state index < -0.39 is 0 Å². The van der Waals surface area contributed by atoms with E-state index in [1.54, 1.807) is 12.1 Å². The molecule has 0 spiro atoms. The molecule has 0 saturated carbocycles. The third kappa shape index (κ3) is 2.17. The summed E-state index contributed by atoms with van der Waals surface area (Å²) in [5.74, 6) is 1.41. The van der Waals surface area contributed by atoms with E-state index in [0.29, 0.717) is 23.7 Å². The van der Waals surface area contributed by atoms with Crippen molar-refractivity contribution in [3.63, 3.8) is 0 Å². The van der Waals surface area contributed by atoms with Crippen LogP contribution in [0.5, 0.6) is 17.2 Å². The highest BCUT2D eigenvalue weighted by Crippen LogP contribution is 2.40. The number of rotatable bonds is 4. The van der Waals surface area contributed by atoms with E-state index in [0.717, 1.165) is 0 Å². The molecule has 0 bridgehead atoms. The van der Waals surface area contributed by atoms with Crippen molar-refractivity contribution in [3.8, 4) is 28.6 Å². The summed E-state index contributed by atoms with van der Waals surface area (Å²) in [6.45, 7) is 2.30. The van der Waals surface area contributed by atoms with Crippen molar-refractivity contribution in [2.75, 3.05) is 19.5 Å². The molecular formula is C12H14N2O4. The second-order valence-electron chi connectivity index (χ2n) is 3.58. The number of hydrogen-bond acceptors (Lipinski definition) is 6. The molecule has 0 atom stereocenters. The minimum Gasteiger partial charge on any atom is -0.504 e. The predicted octanol–water partition coefficient (Wildman–Crippen LogP) is 2.04. The number of phenolic OH excluding ortho intramolecular Hbond substituents is 1. The zero-order chi connectivity index (χ0) is 13.1. The highest BCUT2D eigenvalue weighted by molar-refractivity contribution is 5.68. The molecule has 96 valence electrons. The van der Waals surface area contributed by atoms with Crippen LogP contribution in [0.4, 0.5) is 5.82 Å². The molecule has 6 nitrogen and oxygen atoms in total. The fourth-order valence-corrected chi connectivity index (χ4v) is 1.62. The van der Waals surface area contributed by atoms with Gasteiger partial charge in [-0.05, 0) is 19.1 Å². The van der Waals surface area contributed by atoms with Crippen LogP contribution in [-0.4, -0.2) is 24.0 Å². The molecule has 2 rings (SSSR count). The summed E-state index contributed by atoms with van der Waals surface area (Å²) in [6, 6.07) is 4.76. The number of nitrogen functional groups attached to an aromatic ring is 1.